The summed E-state index contributed by atoms with van der Waals surface area (Å²) in [6, 6.07) is 5.89. The van der Waals surface area contributed by atoms with Crippen LogP contribution >= 0.6 is 15.9 Å². The summed E-state index contributed by atoms with van der Waals surface area (Å²) in [4.78, 5) is 12.3. The Kier molecular flexibility index (Phi) is 4.31. The molecule has 0 saturated carbocycles. The van der Waals surface area contributed by atoms with Crippen molar-refractivity contribution in [1.29, 1.82) is 0 Å². The molecule has 2 rings (SSSR count). The minimum absolute atomic E-state index is 0.00139. The molecule has 1 atom stereocenters. The largest absolute Gasteiger partial charge is 0.375 e. The van der Waals surface area contributed by atoms with Crippen molar-refractivity contribution in [2.24, 2.45) is 0 Å². The Bertz CT molecular complexity index is 485. The SMILES string of the molecule is Cc1c(Br)cccc1C(=O)NC1CCOC(C)(C)C1. The van der Waals surface area contributed by atoms with Crippen LogP contribution in [0.1, 0.15) is 42.6 Å². The predicted molar refractivity (Wildman–Crippen MR) is 79.4 cm³/mol. The molecular formula is C15H20BrNO2. The lowest BCUT2D eigenvalue weighted by molar-refractivity contribution is -0.0615. The lowest BCUT2D eigenvalue weighted by Gasteiger charge is -2.35. The van der Waals surface area contributed by atoms with Gasteiger partial charge in [-0.25, -0.2) is 0 Å². The summed E-state index contributed by atoms with van der Waals surface area (Å²) in [6.07, 6.45) is 1.73. The molecule has 1 heterocycles. The van der Waals surface area contributed by atoms with Gasteiger partial charge in [0.05, 0.1) is 5.60 Å². The quantitative estimate of drug-likeness (QED) is 0.904. The first kappa shape index (κ1) is 14.5. The van der Waals surface area contributed by atoms with Gasteiger partial charge in [0.15, 0.2) is 0 Å². The van der Waals surface area contributed by atoms with Crippen LogP contribution in [0.5, 0.6) is 0 Å². The van der Waals surface area contributed by atoms with Gasteiger partial charge in [-0.3, -0.25) is 4.79 Å². The zero-order valence-electron chi connectivity index (χ0n) is 11.6. The van der Waals surface area contributed by atoms with Crippen molar-refractivity contribution in [1.82, 2.24) is 5.32 Å². The van der Waals surface area contributed by atoms with Crippen LogP contribution in [0.25, 0.3) is 0 Å². The van der Waals surface area contributed by atoms with Crippen LogP contribution in [0, 0.1) is 6.92 Å². The van der Waals surface area contributed by atoms with E-state index in [1.165, 1.54) is 0 Å². The van der Waals surface area contributed by atoms with Gasteiger partial charge in [-0.1, -0.05) is 22.0 Å². The minimum Gasteiger partial charge on any atom is -0.375 e. The van der Waals surface area contributed by atoms with E-state index in [1.807, 2.05) is 25.1 Å². The van der Waals surface area contributed by atoms with Crippen molar-refractivity contribution in [2.45, 2.75) is 45.3 Å². The van der Waals surface area contributed by atoms with E-state index in [0.717, 1.165) is 28.4 Å². The van der Waals surface area contributed by atoms with Gasteiger partial charge in [0.25, 0.3) is 5.91 Å². The summed E-state index contributed by atoms with van der Waals surface area (Å²) in [5, 5.41) is 3.12. The van der Waals surface area contributed by atoms with Gasteiger partial charge in [-0.05, 0) is 51.3 Å². The third-order valence-corrected chi connectivity index (χ3v) is 4.40. The Morgan fingerprint density at radius 1 is 1.47 bits per heavy atom. The molecule has 19 heavy (non-hydrogen) atoms. The molecule has 1 aromatic rings. The Balaban J connectivity index is 2.07. The van der Waals surface area contributed by atoms with Crippen molar-refractivity contribution >= 4 is 21.8 Å². The first-order valence-electron chi connectivity index (χ1n) is 6.59. The Morgan fingerprint density at radius 3 is 2.89 bits per heavy atom. The number of hydrogen-bond acceptors (Lipinski definition) is 2. The fourth-order valence-corrected chi connectivity index (χ4v) is 2.84. The van der Waals surface area contributed by atoms with E-state index in [-0.39, 0.29) is 17.6 Å². The molecule has 1 amide bonds. The van der Waals surface area contributed by atoms with Crippen LogP contribution < -0.4 is 5.32 Å². The fraction of sp³-hybridized carbons (Fsp3) is 0.533. The molecule has 4 heteroatoms. The van der Waals surface area contributed by atoms with Gasteiger partial charge >= 0.3 is 0 Å². The van der Waals surface area contributed by atoms with Crippen LogP contribution in [0.3, 0.4) is 0 Å². The number of nitrogens with one attached hydrogen (secondary N) is 1. The molecule has 0 aliphatic carbocycles. The number of hydrogen-bond donors (Lipinski definition) is 1. The lowest BCUT2D eigenvalue weighted by atomic mass is 9.93. The van der Waals surface area contributed by atoms with E-state index < -0.39 is 0 Å². The van der Waals surface area contributed by atoms with Crippen LogP contribution in [-0.2, 0) is 4.74 Å². The molecule has 0 aromatic heterocycles. The first-order chi connectivity index (χ1) is 8.89. The maximum Gasteiger partial charge on any atom is 0.251 e. The third kappa shape index (κ3) is 3.57. The second kappa shape index (κ2) is 5.63. The van der Waals surface area contributed by atoms with Gasteiger partial charge in [0.1, 0.15) is 0 Å². The zero-order chi connectivity index (χ0) is 14.0. The molecule has 1 fully saturated rings. The second-order valence-electron chi connectivity index (χ2n) is 5.68. The topological polar surface area (TPSA) is 38.3 Å². The summed E-state index contributed by atoms with van der Waals surface area (Å²) in [5.74, 6) is 0.00139. The second-order valence-corrected chi connectivity index (χ2v) is 6.54. The highest BCUT2D eigenvalue weighted by Crippen LogP contribution is 2.25. The summed E-state index contributed by atoms with van der Waals surface area (Å²) in [7, 11) is 0. The fourth-order valence-electron chi connectivity index (χ4n) is 2.47. The van der Waals surface area contributed by atoms with Crippen molar-refractivity contribution in [3.63, 3.8) is 0 Å². The van der Waals surface area contributed by atoms with E-state index in [4.69, 9.17) is 4.74 Å². The van der Waals surface area contributed by atoms with Crippen molar-refractivity contribution in [3.8, 4) is 0 Å². The molecule has 0 spiro atoms. The standard InChI is InChI=1S/C15H20BrNO2/c1-10-12(5-4-6-13(10)16)14(18)17-11-7-8-19-15(2,3)9-11/h4-6,11H,7-9H2,1-3H3,(H,17,18). The maximum absolute atomic E-state index is 12.3. The van der Waals surface area contributed by atoms with Crippen LogP contribution in [0.2, 0.25) is 0 Å². The third-order valence-electron chi connectivity index (χ3n) is 3.54. The molecule has 0 radical (unpaired) electrons. The van der Waals surface area contributed by atoms with Crippen molar-refractivity contribution < 1.29 is 9.53 Å². The highest BCUT2D eigenvalue weighted by atomic mass is 79.9. The molecule has 1 aliphatic rings. The maximum atomic E-state index is 12.3. The van der Waals surface area contributed by atoms with Gasteiger partial charge in [0, 0.05) is 22.7 Å². The summed E-state index contributed by atoms with van der Waals surface area (Å²) < 4.78 is 6.63. The summed E-state index contributed by atoms with van der Waals surface area (Å²) >= 11 is 3.46. The number of amides is 1. The number of halogens is 1. The van der Waals surface area contributed by atoms with Crippen LogP contribution in [0.15, 0.2) is 22.7 Å². The highest BCUT2D eigenvalue weighted by Gasteiger charge is 2.30. The predicted octanol–water partition coefficient (Wildman–Crippen LogP) is 3.44. The average molecular weight is 326 g/mol. The van der Waals surface area contributed by atoms with Gasteiger partial charge in [0.2, 0.25) is 0 Å². The van der Waals surface area contributed by atoms with Gasteiger partial charge in [-0.2, -0.15) is 0 Å². The van der Waals surface area contributed by atoms with Crippen LogP contribution in [-0.4, -0.2) is 24.2 Å². The van der Waals surface area contributed by atoms with E-state index in [1.54, 1.807) is 0 Å². The number of ether oxygens (including phenoxy) is 1. The number of rotatable bonds is 2. The number of benzene rings is 1. The normalized spacial score (nSPS) is 22.0. The Labute approximate surface area is 122 Å². The monoisotopic (exact) mass is 325 g/mol. The molecule has 0 bridgehead atoms. The van der Waals surface area contributed by atoms with E-state index >= 15 is 0 Å². The molecule has 1 saturated heterocycles. The van der Waals surface area contributed by atoms with Crippen molar-refractivity contribution in [2.75, 3.05) is 6.61 Å². The molecule has 1 aromatic carbocycles. The van der Waals surface area contributed by atoms with Gasteiger partial charge < -0.3 is 10.1 Å². The molecule has 1 aliphatic heterocycles. The molecule has 1 N–H and O–H groups in total. The van der Waals surface area contributed by atoms with Crippen molar-refractivity contribution in [3.05, 3.63) is 33.8 Å². The van der Waals surface area contributed by atoms with Crippen LogP contribution in [0.4, 0.5) is 0 Å². The minimum atomic E-state index is -0.150. The van der Waals surface area contributed by atoms with E-state index in [9.17, 15) is 4.79 Å². The number of carbonyl (C=O) groups excluding carboxylic acids is 1. The smallest absolute Gasteiger partial charge is 0.251 e. The average Bonchev–Trinajstić information content (AvgIpc) is 2.31. The Morgan fingerprint density at radius 2 is 2.21 bits per heavy atom. The summed E-state index contributed by atoms with van der Waals surface area (Å²) in [6.45, 7) is 6.79. The zero-order valence-corrected chi connectivity index (χ0v) is 13.2. The van der Waals surface area contributed by atoms with E-state index in [2.05, 4.69) is 35.1 Å². The highest BCUT2D eigenvalue weighted by molar-refractivity contribution is 9.10. The number of carbonyl (C=O) groups is 1. The first-order valence-corrected chi connectivity index (χ1v) is 7.38. The van der Waals surface area contributed by atoms with Gasteiger partial charge in [-0.15, -0.1) is 0 Å². The molecular weight excluding hydrogens is 306 g/mol. The molecule has 1 unspecified atom stereocenters. The van der Waals surface area contributed by atoms with E-state index in [0.29, 0.717) is 6.61 Å². The molecule has 104 valence electrons. The lowest BCUT2D eigenvalue weighted by Crippen LogP contribution is -2.45. The Hall–Kier alpha value is -0.870. The summed E-state index contributed by atoms with van der Waals surface area (Å²) in [5.41, 5.74) is 1.56. The molecule has 3 nitrogen and oxygen atoms in total.